The number of nitrogens with zero attached hydrogens (tertiary/aromatic N) is 3. The highest BCUT2D eigenvalue weighted by molar-refractivity contribution is 6.09. The minimum atomic E-state index is -4.65. The number of rotatable bonds is 5. The lowest BCUT2D eigenvalue weighted by atomic mass is 9.93. The molecule has 1 N–H and O–H groups in total. The van der Waals surface area contributed by atoms with E-state index in [1.807, 2.05) is 0 Å². The molecular formula is C21H25F3N4O4. The summed E-state index contributed by atoms with van der Waals surface area (Å²) in [5.74, 6) is -1.66. The molecule has 32 heavy (non-hydrogen) atoms. The van der Waals surface area contributed by atoms with Gasteiger partial charge in [0, 0.05) is 26.2 Å². The number of benzene rings is 1. The lowest BCUT2D eigenvalue weighted by molar-refractivity contribution is -0.140. The number of hydrogen-bond acceptors (Lipinski definition) is 4. The van der Waals surface area contributed by atoms with Gasteiger partial charge < -0.3 is 15.1 Å². The number of imide groups is 1. The third-order valence-corrected chi connectivity index (χ3v) is 6.13. The Morgan fingerprint density at radius 3 is 2.09 bits per heavy atom. The zero-order valence-electron chi connectivity index (χ0n) is 17.9. The molecule has 1 aromatic carbocycles. The van der Waals surface area contributed by atoms with Gasteiger partial charge in [-0.3, -0.25) is 19.3 Å². The summed E-state index contributed by atoms with van der Waals surface area (Å²) in [6.45, 7) is 3.41. The zero-order chi connectivity index (χ0) is 23.7. The summed E-state index contributed by atoms with van der Waals surface area (Å²) >= 11 is 0. The summed E-state index contributed by atoms with van der Waals surface area (Å²) in [5, 5.41) is 2.65. The molecule has 0 spiro atoms. The smallest absolute Gasteiger partial charge is 0.338 e. The molecule has 1 aromatic rings. The second-order valence-electron chi connectivity index (χ2n) is 7.83. The number of alkyl halides is 3. The van der Waals surface area contributed by atoms with Crippen molar-refractivity contribution in [3.8, 4) is 0 Å². The number of halogens is 3. The van der Waals surface area contributed by atoms with Crippen LogP contribution in [-0.4, -0.2) is 76.7 Å². The molecule has 2 heterocycles. The minimum absolute atomic E-state index is 0.0464. The molecule has 5 amide bonds. The van der Waals surface area contributed by atoms with E-state index in [-0.39, 0.29) is 26.2 Å². The second kappa shape index (κ2) is 8.79. The van der Waals surface area contributed by atoms with Gasteiger partial charge in [-0.2, -0.15) is 13.2 Å². The quantitative estimate of drug-likeness (QED) is 0.690. The number of carbonyl (C=O) groups is 4. The van der Waals surface area contributed by atoms with Gasteiger partial charge in [-0.1, -0.05) is 26.0 Å². The topological polar surface area (TPSA) is 90.0 Å². The highest BCUT2D eigenvalue weighted by atomic mass is 19.4. The van der Waals surface area contributed by atoms with Gasteiger partial charge in [-0.25, -0.2) is 4.79 Å². The van der Waals surface area contributed by atoms with Crippen molar-refractivity contribution in [1.82, 2.24) is 20.0 Å². The van der Waals surface area contributed by atoms with Crippen molar-refractivity contribution in [3.05, 3.63) is 35.4 Å². The largest absolute Gasteiger partial charge is 0.417 e. The molecule has 0 saturated carbocycles. The normalized spacial score (nSPS) is 18.7. The summed E-state index contributed by atoms with van der Waals surface area (Å²) in [6, 6.07) is 3.96. The summed E-state index contributed by atoms with van der Waals surface area (Å²) in [5.41, 5.74) is -2.44. The fourth-order valence-corrected chi connectivity index (χ4v) is 4.03. The van der Waals surface area contributed by atoms with Crippen LogP contribution < -0.4 is 5.32 Å². The summed E-state index contributed by atoms with van der Waals surface area (Å²) in [6.07, 6.45) is -3.85. The number of amides is 5. The highest BCUT2D eigenvalue weighted by Gasteiger charge is 2.49. The molecule has 0 atom stereocenters. The first-order valence-electron chi connectivity index (χ1n) is 10.4. The number of carbonyl (C=O) groups excluding carboxylic acids is 4. The van der Waals surface area contributed by atoms with Crippen LogP contribution >= 0.6 is 0 Å². The average molecular weight is 454 g/mol. The molecule has 8 nitrogen and oxygen atoms in total. The van der Waals surface area contributed by atoms with E-state index >= 15 is 0 Å². The van der Waals surface area contributed by atoms with Gasteiger partial charge in [0.05, 0.1) is 11.1 Å². The molecule has 3 rings (SSSR count). The van der Waals surface area contributed by atoms with Crippen molar-refractivity contribution in [2.24, 2.45) is 0 Å². The fourth-order valence-electron chi connectivity index (χ4n) is 4.03. The van der Waals surface area contributed by atoms with Crippen molar-refractivity contribution < 1.29 is 32.3 Å². The van der Waals surface area contributed by atoms with Gasteiger partial charge in [0.1, 0.15) is 12.1 Å². The Morgan fingerprint density at radius 2 is 1.56 bits per heavy atom. The van der Waals surface area contributed by atoms with Crippen LogP contribution in [0.2, 0.25) is 0 Å². The Bertz CT molecular complexity index is 922. The number of urea groups is 1. The molecule has 0 bridgehead atoms. The van der Waals surface area contributed by atoms with Crippen molar-refractivity contribution in [2.45, 2.75) is 38.4 Å². The van der Waals surface area contributed by atoms with Gasteiger partial charge in [0.15, 0.2) is 0 Å². The predicted molar refractivity (Wildman–Crippen MR) is 107 cm³/mol. The van der Waals surface area contributed by atoms with Crippen LogP contribution in [0.25, 0.3) is 0 Å². The van der Waals surface area contributed by atoms with E-state index in [1.54, 1.807) is 13.8 Å². The zero-order valence-corrected chi connectivity index (χ0v) is 17.9. The molecule has 2 saturated heterocycles. The molecule has 11 heteroatoms. The Kier molecular flexibility index (Phi) is 6.47. The van der Waals surface area contributed by atoms with Crippen molar-refractivity contribution in [1.29, 1.82) is 0 Å². The van der Waals surface area contributed by atoms with E-state index in [4.69, 9.17) is 0 Å². The highest BCUT2D eigenvalue weighted by Crippen LogP contribution is 2.32. The van der Waals surface area contributed by atoms with Crippen LogP contribution in [0.3, 0.4) is 0 Å². The van der Waals surface area contributed by atoms with Crippen LogP contribution in [0, 0.1) is 0 Å². The molecule has 0 aromatic heterocycles. The second-order valence-corrected chi connectivity index (χ2v) is 7.83. The summed E-state index contributed by atoms with van der Waals surface area (Å²) < 4.78 is 39.7. The Labute approximate surface area is 183 Å². The molecule has 2 fully saturated rings. The molecule has 2 aliphatic rings. The lowest BCUT2D eigenvalue weighted by Crippen LogP contribution is -2.53. The van der Waals surface area contributed by atoms with Gasteiger partial charge >= 0.3 is 12.2 Å². The Hall–Kier alpha value is -3.11. The molecule has 0 aliphatic carbocycles. The molecule has 174 valence electrons. The first-order chi connectivity index (χ1) is 15.0. The summed E-state index contributed by atoms with van der Waals surface area (Å²) in [7, 11) is 0. The molecule has 0 radical (unpaired) electrons. The Morgan fingerprint density at radius 1 is 1.00 bits per heavy atom. The lowest BCUT2D eigenvalue weighted by Gasteiger charge is -2.35. The van der Waals surface area contributed by atoms with E-state index in [0.717, 1.165) is 17.0 Å². The predicted octanol–water partition coefficient (Wildman–Crippen LogP) is 2.10. The monoisotopic (exact) mass is 454 g/mol. The minimum Gasteiger partial charge on any atom is -0.338 e. The van der Waals surface area contributed by atoms with Crippen molar-refractivity contribution in [3.63, 3.8) is 0 Å². The van der Waals surface area contributed by atoms with E-state index in [9.17, 15) is 32.3 Å². The standard InChI is InChI=1S/C21H25F3N4O4/c1-3-20(4-2)18(31)28(19(32)25-20)13-16(29)26-9-11-27(12-10-26)17(30)14-7-5-6-8-15(14)21(22,23)24/h5-8H,3-4,9-13H2,1-2H3,(H,25,32). The van der Waals surface area contributed by atoms with Crippen molar-refractivity contribution in [2.75, 3.05) is 32.7 Å². The van der Waals surface area contributed by atoms with Crippen LogP contribution in [0.1, 0.15) is 42.6 Å². The number of nitrogens with one attached hydrogen (secondary N) is 1. The molecule has 2 aliphatic heterocycles. The van der Waals surface area contributed by atoms with Crippen LogP contribution in [0.5, 0.6) is 0 Å². The van der Waals surface area contributed by atoms with E-state index in [0.29, 0.717) is 12.8 Å². The van der Waals surface area contributed by atoms with Crippen LogP contribution in [-0.2, 0) is 15.8 Å². The Balaban J connectivity index is 1.62. The fraction of sp³-hybridized carbons (Fsp3) is 0.524. The van der Waals surface area contributed by atoms with Gasteiger partial charge in [0.2, 0.25) is 5.91 Å². The van der Waals surface area contributed by atoms with Gasteiger partial charge in [0.25, 0.3) is 11.8 Å². The van der Waals surface area contributed by atoms with Crippen LogP contribution in [0.15, 0.2) is 24.3 Å². The number of hydrogen-bond donors (Lipinski definition) is 1. The maximum absolute atomic E-state index is 13.2. The third kappa shape index (κ3) is 4.28. The SMILES string of the molecule is CCC1(CC)NC(=O)N(CC(=O)N2CCN(C(=O)c3ccccc3C(F)(F)F)CC2)C1=O. The average Bonchev–Trinajstić information content (AvgIpc) is 3.02. The first kappa shape index (κ1) is 23.6. The molecule has 0 unspecified atom stereocenters. The van der Waals surface area contributed by atoms with Crippen molar-refractivity contribution >= 4 is 23.8 Å². The van der Waals surface area contributed by atoms with E-state index < -0.39 is 53.1 Å². The molecular weight excluding hydrogens is 429 g/mol. The van der Waals surface area contributed by atoms with E-state index in [2.05, 4.69) is 5.32 Å². The van der Waals surface area contributed by atoms with Crippen LogP contribution in [0.4, 0.5) is 18.0 Å². The maximum Gasteiger partial charge on any atom is 0.417 e. The maximum atomic E-state index is 13.2. The van der Waals surface area contributed by atoms with E-state index in [1.165, 1.54) is 21.9 Å². The first-order valence-corrected chi connectivity index (χ1v) is 10.4. The summed E-state index contributed by atoms with van der Waals surface area (Å²) in [4.78, 5) is 53.8. The van der Waals surface area contributed by atoms with Gasteiger partial charge in [-0.15, -0.1) is 0 Å². The number of piperazine rings is 1. The van der Waals surface area contributed by atoms with Gasteiger partial charge in [-0.05, 0) is 25.0 Å². The third-order valence-electron chi connectivity index (χ3n) is 6.13.